The molecule has 0 aliphatic carbocycles. The van der Waals surface area contributed by atoms with Gasteiger partial charge < -0.3 is 21.3 Å². The molecule has 7 nitrogen and oxygen atoms in total. The zero-order valence-corrected chi connectivity index (χ0v) is 15.8. The number of hydrogen-bond acceptors (Lipinski definition) is 4. The Labute approximate surface area is 156 Å². The van der Waals surface area contributed by atoms with E-state index in [4.69, 9.17) is 28.9 Å². The van der Waals surface area contributed by atoms with Crippen molar-refractivity contribution in [2.24, 2.45) is 11.7 Å². The summed E-state index contributed by atoms with van der Waals surface area (Å²) in [6, 6.07) is 4.14. The predicted octanol–water partition coefficient (Wildman–Crippen LogP) is 1.49. The van der Waals surface area contributed by atoms with E-state index in [1.54, 1.807) is 18.2 Å². The number of carbonyl (C=O) groups is 3. The van der Waals surface area contributed by atoms with Crippen LogP contribution < -0.4 is 16.4 Å². The van der Waals surface area contributed by atoms with Crippen molar-refractivity contribution in [1.82, 2.24) is 10.2 Å². The van der Waals surface area contributed by atoms with Gasteiger partial charge >= 0.3 is 0 Å². The second-order valence-corrected chi connectivity index (χ2v) is 6.70. The highest BCUT2D eigenvalue weighted by Gasteiger charge is 2.20. The minimum absolute atomic E-state index is 0.0426. The van der Waals surface area contributed by atoms with Crippen molar-refractivity contribution in [3.05, 3.63) is 28.2 Å². The lowest BCUT2D eigenvalue weighted by Gasteiger charge is -2.19. The van der Waals surface area contributed by atoms with E-state index >= 15 is 0 Å². The minimum atomic E-state index is -0.691. The molecule has 0 saturated heterocycles. The molecular weight excluding hydrogens is 367 g/mol. The molecule has 0 bridgehead atoms. The standard InChI is InChI=1S/C16H22Cl2N4O3/c1-9(2)14(19)16(25)20-7-13(24)22(3)8-12(23)21-15-10(17)5-4-6-11(15)18/h4-6,9,14H,7-8,19H2,1-3H3,(H,20,25)(H,21,23)/t14-/m0/s1. The molecular formula is C16H22Cl2N4O3. The highest BCUT2D eigenvalue weighted by atomic mass is 35.5. The van der Waals surface area contributed by atoms with Crippen molar-refractivity contribution in [3.8, 4) is 0 Å². The van der Waals surface area contributed by atoms with Crippen molar-refractivity contribution in [2.75, 3.05) is 25.5 Å². The molecule has 138 valence electrons. The van der Waals surface area contributed by atoms with E-state index in [-0.39, 0.29) is 24.7 Å². The topological polar surface area (TPSA) is 105 Å². The maximum absolute atomic E-state index is 12.0. The van der Waals surface area contributed by atoms with Crippen LogP contribution in [0.4, 0.5) is 5.69 Å². The molecule has 0 saturated carbocycles. The van der Waals surface area contributed by atoms with Crippen LogP contribution in [0.25, 0.3) is 0 Å². The van der Waals surface area contributed by atoms with E-state index in [9.17, 15) is 14.4 Å². The first-order valence-corrected chi connectivity index (χ1v) is 8.40. The Morgan fingerprint density at radius 1 is 1.20 bits per heavy atom. The van der Waals surface area contributed by atoms with E-state index in [1.807, 2.05) is 13.8 Å². The molecule has 0 aromatic heterocycles. The number of amides is 3. The van der Waals surface area contributed by atoms with Gasteiger partial charge in [-0.1, -0.05) is 43.1 Å². The van der Waals surface area contributed by atoms with Crippen LogP contribution in [0.1, 0.15) is 13.8 Å². The van der Waals surface area contributed by atoms with Crippen molar-refractivity contribution in [3.63, 3.8) is 0 Å². The van der Waals surface area contributed by atoms with Gasteiger partial charge in [0, 0.05) is 7.05 Å². The first-order chi connectivity index (χ1) is 11.6. The number of nitrogens with zero attached hydrogens (tertiary/aromatic N) is 1. The van der Waals surface area contributed by atoms with Gasteiger partial charge in [0.2, 0.25) is 17.7 Å². The lowest BCUT2D eigenvalue weighted by atomic mass is 10.1. The third-order valence-electron chi connectivity index (χ3n) is 3.47. The van der Waals surface area contributed by atoms with Crippen LogP contribution >= 0.6 is 23.2 Å². The molecule has 1 rings (SSSR count). The Morgan fingerprint density at radius 3 is 2.28 bits per heavy atom. The number of likely N-dealkylation sites (N-methyl/N-ethyl adjacent to an activating group) is 1. The number of hydrogen-bond donors (Lipinski definition) is 3. The van der Waals surface area contributed by atoms with Gasteiger partial charge in [0.15, 0.2) is 0 Å². The highest BCUT2D eigenvalue weighted by Crippen LogP contribution is 2.29. The van der Waals surface area contributed by atoms with E-state index in [0.29, 0.717) is 10.0 Å². The van der Waals surface area contributed by atoms with Gasteiger partial charge in [0.25, 0.3) is 0 Å². The van der Waals surface area contributed by atoms with Crippen LogP contribution in [-0.4, -0.2) is 48.8 Å². The number of halogens is 2. The quantitative estimate of drug-likeness (QED) is 0.657. The Morgan fingerprint density at radius 2 is 1.76 bits per heavy atom. The molecule has 1 atom stereocenters. The number of benzene rings is 1. The van der Waals surface area contributed by atoms with Crippen molar-refractivity contribution < 1.29 is 14.4 Å². The van der Waals surface area contributed by atoms with Gasteiger partial charge in [-0.2, -0.15) is 0 Å². The molecule has 25 heavy (non-hydrogen) atoms. The Balaban J connectivity index is 2.52. The van der Waals surface area contributed by atoms with E-state index in [2.05, 4.69) is 10.6 Å². The second-order valence-electron chi connectivity index (χ2n) is 5.88. The Kier molecular flexibility index (Phi) is 8.15. The first kappa shape index (κ1) is 21.2. The largest absolute Gasteiger partial charge is 0.346 e. The van der Waals surface area contributed by atoms with Crippen LogP contribution in [-0.2, 0) is 14.4 Å². The van der Waals surface area contributed by atoms with Gasteiger partial charge in [-0.25, -0.2) is 0 Å². The van der Waals surface area contributed by atoms with E-state index < -0.39 is 23.8 Å². The molecule has 0 radical (unpaired) electrons. The van der Waals surface area contributed by atoms with Crippen LogP contribution in [0.2, 0.25) is 10.0 Å². The summed E-state index contributed by atoms with van der Waals surface area (Å²) in [6.45, 7) is 3.16. The molecule has 0 aliphatic rings. The minimum Gasteiger partial charge on any atom is -0.346 e. The molecule has 1 aromatic carbocycles. The number of para-hydroxylation sites is 1. The average Bonchev–Trinajstić information content (AvgIpc) is 2.54. The van der Waals surface area contributed by atoms with Gasteiger partial charge in [-0.05, 0) is 18.1 Å². The van der Waals surface area contributed by atoms with Crippen molar-refractivity contribution in [1.29, 1.82) is 0 Å². The van der Waals surface area contributed by atoms with Gasteiger partial charge in [-0.15, -0.1) is 0 Å². The maximum atomic E-state index is 12.0. The van der Waals surface area contributed by atoms with Gasteiger partial charge in [-0.3, -0.25) is 14.4 Å². The molecule has 3 amide bonds. The van der Waals surface area contributed by atoms with Crippen molar-refractivity contribution >= 4 is 46.6 Å². The summed E-state index contributed by atoms with van der Waals surface area (Å²) in [5, 5.41) is 5.61. The van der Waals surface area contributed by atoms with Crippen molar-refractivity contribution in [2.45, 2.75) is 19.9 Å². The number of nitrogens with two attached hydrogens (primary N) is 1. The van der Waals surface area contributed by atoms with Gasteiger partial charge in [0.05, 0.1) is 34.9 Å². The summed E-state index contributed by atoms with van der Waals surface area (Å²) >= 11 is 11.9. The lowest BCUT2D eigenvalue weighted by Crippen LogP contribution is -2.48. The number of rotatable bonds is 7. The van der Waals surface area contributed by atoms with Crippen LogP contribution in [0.15, 0.2) is 18.2 Å². The summed E-state index contributed by atoms with van der Waals surface area (Å²) in [7, 11) is 1.45. The molecule has 4 N–H and O–H groups in total. The summed E-state index contributed by atoms with van der Waals surface area (Å²) in [4.78, 5) is 37.0. The summed E-state index contributed by atoms with van der Waals surface area (Å²) in [5.41, 5.74) is 5.98. The highest BCUT2D eigenvalue weighted by molar-refractivity contribution is 6.39. The third kappa shape index (κ3) is 6.53. The normalized spacial score (nSPS) is 11.8. The number of anilines is 1. The molecule has 0 unspecified atom stereocenters. The SMILES string of the molecule is CC(C)[C@H](N)C(=O)NCC(=O)N(C)CC(=O)Nc1c(Cl)cccc1Cl. The second kappa shape index (κ2) is 9.60. The smallest absolute Gasteiger partial charge is 0.244 e. The Bertz CT molecular complexity index is 632. The lowest BCUT2D eigenvalue weighted by molar-refractivity contribution is -0.134. The number of carbonyl (C=O) groups excluding carboxylic acids is 3. The summed E-state index contributed by atoms with van der Waals surface area (Å²) in [6.07, 6.45) is 0. The van der Waals surface area contributed by atoms with Crippen LogP contribution in [0.5, 0.6) is 0 Å². The van der Waals surface area contributed by atoms with Crippen LogP contribution in [0, 0.1) is 5.92 Å². The Hall–Kier alpha value is -1.83. The maximum Gasteiger partial charge on any atom is 0.244 e. The van der Waals surface area contributed by atoms with E-state index in [1.165, 1.54) is 11.9 Å². The predicted molar refractivity (Wildman–Crippen MR) is 98.6 cm³/mol. The third-order valence-corrected chi connectivity index (χ3v) is 4.10. The molecule has 1 aromatic rings. The summed E-state index contributed by atoms with van der Waals surface area (Å²) < 4.78 is 0. The molecule has 0 aliphatic heterocycles. The summed E-state index contributed by atoms with van der Waals surface area (Å²) in [5.74, 6) is -1.34. The van der Waals surface area contributed by atoms with Crippen LogP contribution in [0.3, 0.4) is 0 Å². The first-order valence-electron chi connectivity index (χ1n) is 7.64. The zero-order chi connectivity index (χ0) is 19.1. The molecule has 0 fully saturated rings. The van der Waals surface area contributed by atoms with Gasteiger partial charge in [0.1, 0.15) is 0 Å². The molecule has 9 heteroatoms. The average molecular weight is 389 g/mol. The monoisotopic (exact) mass is 388 g/mol. The molecule has 0 spiro atoms. The zero-order valence-electron chi connectivity index (χ0n) is 14.3. The number of nitrogens with one attached hydrogen (secondary N) is 2. The molecule has 0 heterocycles. The fourth-order valence-electron chi connectivity index (χ4n) is 1.82. The fraction of sp³-hybridized carbons (Fsp3) is 0.438. The van der Waals surface area contributed by atoms with E-state index in [0.717, 1.165) is 0 Å². The fourth-order valence-corrected chi connectivity index (χ4v) is 2.31.